The van der Waals surface area contributed by atoms with E-state index in [0.717, 1.165) is 19.5 Å². The standard InChI is InChI=1S/C13H20N4O3/c1-14-8-3-9-16(2)10-13(18)15-11-4-6-12(7-5-11)17(19)20/h4-7,14H,3,8-10H2,1-2H3,(H,15,18). The third-order valence-electron chi connectivity index (χ3n) is 2.74. The van der Waals surface area contributed by atoms with Gasteiger partial charge in [-0.3, -0.25) is 19.8 Å². The van der Waals surface area contributed by atoms with Gasteiger partial charge in [-0.15, -0.1) is 0 Å². The number of nitrogens with zero attached hydrogens (tertiary/aromatic N) is 2. The molecule has 0 aromatic heterocycles. The molecule has 7 nitrogen and oxygen atoms in total. The predicted molar refractivity (Wildman–Crippen MR) is 77.8 cm³/mol. The summed E-state index contributed by atoms with van der Waals surface area (Å²) in [5.41, 5.74) is 0.566. The first-order chi connectivity index (χ1) is 9.52. The van der Waals surface area contributed by atoms with Crippen LogP contribution in [0.3, 0.4) is 0 Å². The first-order valence-electron chi connectivity index (χ1n) is 6.40. The number of nitrogens with one attached hydrogen (secondary N) is 2. The van der Waals surface area contributed by atoms with E-state index in [1.165, 1.54) is 24.3 Å². The summed E-state index contributed by atoms with van der Waals surface area (Å²) in [6.07, 6.45) is 0.970. The fourth-order valence-corrected chi connectivity index (χ4v) is 1.72. The van der Waals surface area contributed by atoms with Crippen LogP contribution in [0.2, 0.25) is 0 Å². The number of rotatable bonds is 8. The molecule has 1 aromatic rings. The molecule has 0 aliphatic heterocycles. The van der Waals surface area contributed by atoms with Crippen LogP contribution in [0.15, 0.2) is 24.3 Å². The molecular formula is C13H20N4O3. The Kier molecular flexibility index (Phi) is 6.61. The van der Waals surface area contributed by atoms with Crippen LogP contribution in [-0.4, -0.2) is 49.5 Å². The lowest BCUT2D eigenvalue weighted by atomic mass is 10.3. The largest absolute Gasteiger partial charge is 0.325 e. The third-order valence-corrected chi connectivity index (χ3v) is 2.74. The average molecular weight is 280 g/mol. The number of hydrogen-bond donors (Lipinski definition) is 2. The molecule has 7 heteroatoms. The molecule has 110 valence electrons. The molecule has 1 amide bonds. The minimum Gasteiger partial charge on any atom is -0.325 e. The van der Waals surface area contributed by atoms with Crippen molar-refractivity contribution >= 4 is 17.3 Å². The lowest BCUT2D eigenvalue weighted by Crippen LogP contribution is -2.31. The fourth-order valence-electron chi connectivity index (χ4n) is 1.72. The van der Waals surface area contributed by atoms with Gasteiger partial charge in [-0.25, -0.2) is 0 Å². The summed E-state index contributed by atoms with van der Waals surface area (Å²) in [6, 6.07) is 5.78. The zero-order chi connectivity index (χ0) is 15.0. The van der Waals surface area contributed by atoms with Crippen LogP contribution < -0.4 is 10.6 Å². The van der Waals surface area contributed by atoms with E-state index in [1.54, 1.807) is 0 Å². The highest BCUT2D eigenvalue weighted by Crippen LogP contribution is 2.15. The fraction of sp³-hybridized carbons (Fsp3) is 0.462. The summed E-state index contributed by atoms with van der Waals surface area (Å²) < 4.78 is 0. The molecule has 0 unspecified atom stereocenters. The summed E-state index contributed by atoms with van der Waals surface area (Å²) in [5, 5.41) is 16.3. The summed E-state index contributed by atoms with van der Waals surface area (Å²) in [6.45, 7) is 2.03. The number of amides is 1. The van der Waals surface area contributed by atoms with Crippen LogP contribution in [0.25, 0.3) is 0 Å². The maximum absolute atomic E-state index is 11.8. The van der Waals surface area contributed by atoms with E-state index in [0.29, 0.717) is 12.2 Å². The zero-order valence-corrected chi connectivity index (χ0v) is 11.8. The maximum Gasteiger partial charge on any atom is 0.269 e. The topological polar surface area (TPSA) is 87.5 Å². The first kappa shape index (κ1) is 16.1. The first-order valence-corrected chi connectivity index (χ1v) is 6.40. The van der Waals surface area contributed by atoms with Crippen LogP contribution in [-0.2, 0) is 4.79 Å². The number of carbonyl (C=O) groups is 1. The van der Waals surface area contributed by atoms with E-state index in [4.69, 9.17) is 0 Å². The van der Waals surface area contributed by atoms with Gasteiger partial charge in [0.1, 0.15) is 0 Å². The Hall–Kier alpha value is -1.99. The normalized spacial score (nSPS) is 10.6. The molecule has 0 spiro atoms. The number of benzene rings is 1. The van der Waals surface area contributed by atoms with Crippen molar-refractivity contribution in [3.8, 4) is 0 Å². The van der Waals surface area contributed by atoms with Crippen LogP contribution >= 0.6 is 0 Å². The van der Waals surface area contributed by atoms with Crippen molar-refractivity contribution in [1.29, 1.82) is 0 Å². The molecule has 0 aliphatic rings. The van der Waals surface area contributed by atoms with Crippen molar-refractivity contribution in [2.45, 2.75) is 6.42 Å². The molecule has 0 bridgehead atoms. The molecule has 0 heterocycles. The number of non-ortho nitro benzene ring substituents is 1. The predicted octanol–water partition coefficient (Wildman–Crippen LogP) is 1.07. The third kappa shape index (κ3) is 5.77. The van der Waals surface area contributed by atoms with Crippen LogP contribution in [0.5, 0.6) is 0 Å². The van der Waals surface area contributed by atoms with Gasteiger partial charge in [0.2, 0.25) is 5.91 Å². The second-order valence-electron chi connectivity index (χ2n) is 4.55. The Bertz CT molecular complexity index is 447. The quantitative estimate of drug-likeness (QED) is 0.422. The second-order valence-corrected chi connectivity index (χ2v) is 4.55. The highest BCUT2D eigenvalue weighted by atomic mass is 16.6. The van der Waals surface area contributed by atoms with Crippen molar-refractivity contribution in [1.82, 2.24) is 10.2 Å². The van der Waals surface area contributed by atoms with Gasteiger partial charge in [-0.2, -0.15) is 0 Å². The molecule has 0 radical (unpaired) electrons. The van der Waals surface area contributed by atoms with Crippen LogP contribution in [0.1, 0.15) is 6.42 Å². The molecule has 2 N–H and O–H groups in total. The SMILES string of the molecule is CNCCCN(C)CC(=O)Nc1ccc([N+](=O)[O-])cc1. The number of nitro benzene ring substituents is 1. The molecule has 0 saturated carbocycles. The van der Waals surface area contributed by atoms with Gasteiger partial charge < -0.3 is 10.6 Å². The molecule has 0 fully saturated rings. The molecule has 0 saturated heterocycles. The van der Waals surface area contributed by atoms with Crippen molar-refractivity contribution in [2.75, 3.05) is 39.0 Å². The summed E-state index contributed by atoms with van der Waals surface area (Å²) in [4.78, 5) is 23.7. The Morgan fingerprint density at radius 2 is 2.00 bits per heavy atom. The lowest BCUT2D eigenvalue weighted by Gasteiger charge is -2.15. The summed E-state index contributed by atoms with van der Waals surface area (Å²) in [7, 11) is 3.77. The van der Waals surface area contributed by atoms with Gasteiger partial charge in [0.05, 0.1) is 11.5 Å². The van der Waals surface area contributed by atoms with Gasteiger partial charge in [0.15, 0.2) is 0 Å². The molecule has 1 aromatic carbocycles. The smallest absolute Gasteiger partial charge is 0.269 e. The molecule has 0 aliphatic carbocycles. The monoisotopic (exact) mass is 280 g/mol. The van der Waals surface area contributed by atoms with E-state index in [1.807, 2.05) is 19.0 Å². The zero-order valence-electron chi connectivity index (χ0n) is 11.8. The second kappa shape index (κ2) is 8.23. The molecule has 0 atom stereocenters. The van der Waals surface area contributed by atoms with Crippen molar-refractivity contribution < 1.29 is 9.72 Å². The number of likely N-dealkylation sites (N-methyl/N-ethyl adjacent to an activating group) is 1. The van der Waals surface area contributed by atoms with Gasteiger partial charge in [0.25, 0.3) is 5.69 Å². The number of anilines is 1. The minimum absolute atomic E-state index is 0.00665. The van der Waals surface area contributed by atoms with E-state index in [-0.39, 0.29) is 11.6 Å². The van der Waals surface area contributed by atoms with E-state index < -0.39 is 4.92 Å². The van der Waals surface area contributed by atoms with Crippen molar-refractivity contribution in [2.24, 2.45) is 0 Å². The Morgan fingerprint density at radius 3 is 2.55 bits per heavy atom. The Labute approximate surface area is 118 Å². The van der Waals surface area contributed by atoms with E-state index >= 15 is 0 Å². The van der Waals surface area contributed by atoms with Gasteiger partial charge in [-0.1, -0.05) is 0 Å². The minimum atomic E-state index is -0.471. The Balaban J connectivity index is 2.39. The summed E-state index contributed by atoms with van der Waals surface area (Å²) >= 11 is 0. The average Bonchev–Trinajstić information content (AvgIpc) is 2.39. The van der Waals surface area contributed by atoms with Gasteiger partial charge in [0, 0.05) is 17.8 Å². The van der Waals surface area contributed by atoms with Gasteiger partial charge >= 0.3 is 0 Å². The number of carbonyl (C=O) groups excluding carboxylic acids is 1. The van der Waals surface area contributed by atoms with E-state index in [9.17, 15) is 14.9 Å². The number of nitro groups is 1. The summed E-state index contributed by atoms with van der Waals surface area (Å²) in [5.74, 6) is -0.134. The van der Waals surface area contributed by atoms with Crippen molar-refractivity contribution in [3.05, 3.63) is 34.4 Å². The molecular weight excluding hydrogens is 260 g/mol. The molecule has 1 rings (SSSR count). The maximum atomic E-state index is 11.8. The van der Waals surface area contributed by atoms with Gasteiger partial charge in [-0.05, 0) is 45.7 Å². The van der Waals surface area contributed by atoms with Crippen LogP contribution in [0, 0.1) is 10.1 Å². The highest BCUT2D eigenvalue weighted by molar-refractivity contribution is 5.92. The highest BCUT2D eigenvalue weighted by Gasteiger charge is 2.08. The number of hydrogen-bond acceptors (Lipinski definition) is 5. The lowest BCUT2D eigenvalue weighted by molar-refractivity contribution is -0.384. The van der Waals surface area contributed by atoms with E-state index in [2.05, 4.69) is 10.6 Å². The Morgan fingerprint density at radius 1 is 1.35 bits per heavy atom. The van der Waals surface area contributed by atoms with Crippen LogP contribution in [0.4, 0.5) is 11.4 Å². The van der Waals surface area contributed by atoms with Crippen molar-refractivity contribution in [3.63, 3.8) is 0 Å². The molecule has 20 heavy (non-hydrogen) atoms.